The Morgan fingerprint density at radius 1 is 1.31 bits per heavy atom. The molecule has 1 atom stereocenters. The fourth-order valence-corrected chi connectivity index (χ4v) is 1.53. The van der Waals surface area contributed by atoms with Crippen LogP contribution in [-0.2, 0) is 6.42 Å². The normalized spacial score (nSPS) is 12.6. The molecule has 0 amide bonds. The minimum atomic E-state index is -0.577. The SMILES string of the molecule is CCC(CO)Cc1cc(F)c(OC)cc1F. The molecule has 0 aliphatic carbocycles. The van der Waals surface area contributed by atoms with Gasteiger partial charge in [0.1, 0.15) is 5.82 Å². The first-order valence-corrected chi connectivity index (χ1v) is 5.25. The summed E-state index contributed by atoms with van der Waals surface area (Å²) < 4.78 is 31.5. The summed E-state index contributed by atoms with van der Waals surface area (Å²) in [6.45, 7) is 1.88. The Labute approximate surface area is 93.9 Å². The molecular formula is C12H16F2O2. The van der Waals surface area contributed by atoms with Crippen molar-refractivity contribution in [1.29, 1.82) is 0 Å². The van der Waals surface area contributed by atoms with Gasteiger partial charge in [-0.1, -0.05) is 13.3 Å². The van der Waals surface area contributed by atoms with E-state index in [9.17, 15) is 8.78 Å². The lowest BCUT2D eigenvalue weighted by Gasteiger charge is -2.13. The number of rotatable bonds is 5. The van der Waals surface area contributed by atoms with Crippen LogP contribution in [0.1, 0.15) is 18.9 Å². The molecule has 1 N–H and O–H groups in total. The average molecular weight is 230 g/mol. The molecule has 0 aliphatic rings. The minimum Gasteiger partial charge on any atom is -0.494 e. The lowest BCUT2D eigenvalue weighted by Crippen LogP contribution is -2.10. The fraction of sp³-hybridized carbons (Fsp3) is 0.500. The molecule has 1 unspecified atom stereocenters. The quantitative estimate of drug-likeness (QED) is 0.842. The standard InChI is InChI=1S/C12H16F2O2/c1-3-8(7-15)4-9-5-11(14)12(16-2)6-10(9)13/h5-6,8,15H,3-4,7H2,1-2H3. The van der Waals surface area contributed by atoms with E-state index in [2.05, 4.69) is 4.74 Å². The van der Waals surface area contributed by atoms with Crippen molar-refractivity contribution < 1.29 is 18.6 Å². The highest BCUT2D eigenvalue weighted by atomic mass is 19.1. The highest BCUT2D eigenvalue weighted by Crippen LogP contribution is 2.23. The zero-order valence-corrected chi connectivity index (χ0v) is 9.46. The van der Waals surface area contributed by atoms with E-state index >= 15 is 0 Å². The van der Waals surface area contributed by atoms with Crippen LogP contribution in [0.25, 0.3) is 0 Å². The monoisotopic (exact) mass is 230 g/mol. The second-order valence-electron chi connectivity index (χ2n) is 3.74. The summed E-state index contributed by atoms with van der Waals surface area (Å²) in [5.41, 5.74) is 0.277. The molecule has 2 nitrogen and oxygen atoms in total. The predicted molar refractivity (Wildman–Crippen MR) is 57.5 cm³/mol. The van der Waals surface area contributed by atoms with Crippen LogP contribution in [0.5, 0.6) is 5.75 Å². The Hall–Kier alpha value is -1.16. The smallest absolute Gasteiger partial charge is 0.165 e. The number of benzene rings is 1. The first kappa shape index (κ1) is 12.9. The lowest BCUT2D eigenvalue weighted by molar-refractivity contribution is 0.221. The van der Waals surface area contributed by atoms with Gasteiger partial charge in [0.2, 0.25) is 0 Å². The molecule has 4 heteroatoms. The van der Waals surface area contributed by atoms with E-state index in [4.69, 9.17) is 5.11 Å². The van der Waals surface area contributed by atoms with Crippen LogP contribution in [0.2, 0.25) is 0 Å². The van der Waals surface area contributed by atoms with Crippen molar-refractivity contribution in [2.75, 3.05) is 13.7 Å². The second-order valence-corrected chi connectivity index (χ2v) is 3.74. The summed E-state index contributed by atoms with van der Waals surface area (Å²) in [6, 6.07) is 2.17. The van der Waals surface area contributed by atoms with Crippen molar-refractivity contribution in [1.82, 2.24) is 0 Å². The highest BCUT2D eigenvalue weighted by molar-refractivity contribution is 5.31. The number of methoxy groups -OCH3 is 1. The fourth-order valence-electron chi connectivity index (χ4n) is 1.53. The summed E-state index contributed by atoms with van der Waals surface area (Å²) in [5, 5.41) is 9.01. The molecule has 16 heavy (non-hydrogen) atoms. The average Bonchev–Trinajstić information content (AvgIpc) is 2.29. The molecule has 0 spiro atoms. The summed E-state index contributed by atoms with van der Waals surface area (Å²) >= 11 is 0. The molecule has 0 radical (unpaired) electrons. The molecule has 1 rings (SSSR count). The Morgan fingerprint density at radius 2 is 2.00 bits per heavy atom. The van der Waals surface area contributed by atoms with E-state index in [1.54, 1.807) is 0 Å². The second kappa shape index (κ2) is 5.80. The van der Waals surface area contributed by atoms with Gasteiger partial charge >= 0.3 is 0 Å². The van der Waals surface area contributed by atoms with E-state index < -0.39 is 11.6 Å². The minimum absolute atomic E-state index is 0.0242. The Balaban J connectivity index is 2.92. The van der Waals surface area contributed by atoms with Crippen molar-refractivity contribution in [3.8, 4) is 5.75 Å². The Morgan fingerprint density at radius 3 is 2.50 bits per heavy atom. The van der Waals surface area contributed by atoms with Gasteiger partial charge in [-0.05, 0) is 24.0 Å². The third-order valence-electron chi connectivity index (χ3n) is 2.66. The van der Waals surface area contributed by atoms with Gasteiger partial charge in [-0.3, -0.25) is 0 Å². The number of aliphatic hydroxyl groups excluding tert-OH is 1. The van der Waals surface area contributed by atoms with Crippen molar-refractivity contribution in [2.24, 2.45) is 5.92 Å². The van der Waals surface area contributed by atoms with Crippen LogP contribution in [-0.4, -0.2) is 18.8 Å². The first-order chi connectivity index (χ1) is 7.62. The van der Waals surface area contributed by atoms with Crippen LogP contribution in [0, 0.1) is 17.6 Å². The van der Waals surface area contributed by atoms with Gasteiger partial charge in [-0.2, -0.15) is 0 Å². The maximum atomic E-state index is 13.5. The van der Waals surface area contributed by atoms with E-state index in [0.717, 1.165) is 18.6 Å². The molecule has 0 saturated carbocycles. The van der Waals surface area contributed by atoms with E-state index in [0.29, 0.717) is 6.42 Å². The molecule has 0 bridgehead atoms. The van der Waals surface area contributed by atoms with E-state index in [1.165, 1.54) is 7.11 Å². The number of aliphatic hydroxyl groups is 1. The van der Waals surface area contributed by atoms with Gasteiger partial charge in [0.15, 0.2) is 11.6 Å². The molecule has 0 aromatic heterocycles. The molecule has 0 aliphatic heterocycles. The van der Waals surface area contributed by atoms with E-state index in [-0.39, 0.29) is 23.8 Å². The van der Waals surface area contributed by atoms with Gasteiger partial charge < -0.3 is 9.84 Å². The van der Waals surface area contributed by atoms with Gasteiger partial charge in [0, 0.05) is 12.7 Å². The van der Waals surface area contributed by atoms with Gasteiger partial charge in [-0.15, -0.1) is 0 Å². The number of hydrogen-bond donors (Lipinski definition) is 1. The van der Waals surface area contributed by atoms with Crippen LogP contribution in [0.15, 0.2) is 12.1 Å². The maximum absolute atomic E-state index is 13.5. The van der Waals surface area contributed by atoms with E-state index in [1.807, 2.05) is 6.92 Å². The Kier molecular flexibility index (Phi) is 4.68. The predicted octanol–water partition coefficient (Wildman–Crippen LogP) is 2.53. The largest absolute Gasteiger partial charge is 0.494 e. The van der Waals surface area contributed by atoms with Gasteiger partial charge in [0.05, 0.1) is 7.11 Å². The van der Waals surface area contributed by atoms with Crippen LogP contribution >= 0.6 is 0 Å². The van der Waals surface area contributed by atoms with Crippen LogP contribution in [0.4, 0.5) is 8.78 Å². The molecule has 0 heterocycles. The summed E-state index contributed by atoms with van der Waals surface area (Å²) in [7, 11) is 1.29. The van der Waals surface area contributed by atoms with Crippen LogP contribution < -0.4 is 4.74 Å². The Bertz CT molecular complexity index is 349. The molecule has 1 aromatic rings. The van der Waals surface area contributed by atoms with Crippen molar-refractivity contribution in [2.45, 2.75) is 19.8 Å². The van der Waals surface area contributed by atoms with Crippen molar-refractivity contribution in [3.05, 3.63) is 29.3 Å². The topological polar surface area (TPSA) is 29.5 Å². The summed E-state index contributed by atoms with van der Waals surface area (Å²) in [6.07, 6.45) is 1.06. The maximum Gasteiger partial charge on any atom is 0.165 e. The third-order valence-corrected chi connectivity index (χ3v) is 2.66. The molecule has 0 fully saturated rings. The molecular weight excluding hydrogens is 214 g/mol. The molecule has 0 saturated heterocycles. The van der Waals surface area contributed by atoms with Crippen molar-refractivity contribution in [3.63, 3.8) is 0 Å². The zero-order valence-electron chi connectivity index (χ0n) is 9.46. The first-order valence-electron chi connectivity index (χ1n) is 5.25. The third kappa shape index (κ3) is 2.92. The summed E-state index contributed by atoms with van der Waals surface area (Å²) in [4.78, 5) is 0. The number of ether oxygens (including phenoxy) is 1. The van der Waals surface area contributed by atoms with Crippen molar-refractivity contribution >= 4 is 0 Å². The zero-order chi connectivity index (χ0) is 12.1. The van der Waals surface area contributed by atoms with Crippen LogP contribution in [0.3, 0.4) is 0 Å². The highest BCUT2D eigenvalue weighted by Gasteiger charge is 2.14. The number of hydrogen-bond acceptors (Lipinski definition) is 2. The van der Waals surface area contributed by atoms with Gasteiger partial charge in [-0.25, -0.2) is 8.78 Å². The lowest BCUT2D eigenvalue weighted by atomic mass is 9.97. The van der Waals surface area contributed by atoms with Gasteiger partial charge in [0.25, 0.3) is 0 Å². The number of halogens is 2. The molecule has 90 valence electrons. The molecule has 1 aromatic carbocycles. The summed E-state index contributed by atoms with van der Waals surface area (Å²) in [5.74, 6) is -1.21.